The highest BCUT2D eigenvalue weighted by Gasteiger charge is 2.54. The number of piperidine rings is 1. The summed E-state index contributed by atoms with van der Waals surface area (Å²) in [6.07, 6.45) is 4.14. The van der Waals surface area contributed by atoms with Crippen LogP contribution >= 0.6 is 15.9 Å². The zero-order valence-corrected chi connectivity index (χ0v) is 10.4. The third-order valence-corrected chi connectivity index (χ3v) is 4.53. The molecule has 2 heteroatoms. The van der Waals surface area contributed by atoms with Gasteiger partial charge in [0, 0.05) is 4.47 Å². The highest BCUT2D eigenvalue weighted by Crippen LogP contribution is 2.64. The van der Waals surface area contributed by atoms with Gasteiger partial charge in [-0.2, -0.15) is 0 Å². The van der Waals surface area contributed by atoms with Crippen molar-refractivity contribution in [2.75, 3.05) is 13.1 Å². The molecule has 2 aliphatic rings. The van der Waals surface area contributed by atoms with Crippen LogP contribution in [0.15, 0.2) is 28.7 Å². The van der Waals surface area contributed by atoms with E-state index in [2.05, 4.69) is 45.5 Å². The van der Waals surface area contributed by atoms with Crippen molar-refractivity contribution >= 4 is 15.9 Å². The first-order valence-corrected chi connectivity index (χ1v) is 6.56. The van der Waals surface area contributed by atoms with Crippen LogP contribution in [0.25, 0.3) is 0 Å². The van der Waals surface area contributed by atoms with E-state index in [0.717, 1.165) is 5.92 Å². The van der Waals surface area contributed by atoms with Gasteiger partial charge in [-0.1, -0.05) is 28.1 Å². The van der Waals surface area contributed by atoms with Crippen LogP contribution in [0.2, 0.25) is 0 Å². The first kappa shape index (κ1) is 9.86. The molecule has 1 heterocycles. The number of hydrogen-bond acceptors (Lipinski definition) is 1. The lowest BCUT2D eigenvalue weighted by Gasteiger charge is -2.23. The van der Waals surface area contributed by atoms with E-state index in [1.165, 1.54) is 42.4 Å². The third kappa shape index (κ3) is 1.74. The van der Waals surface area contributed by atoms with Gasteiger partial charge in [0.1, 0.15) is 0 Å². The summed E-state index contributed by atoms with van der Waals surface area (Å²) < 4.78 is 1.22. The lowest BCUT2D eigenvalue weighted by molar-refractivity contribution is 0.342. The van der Waals surface area contributed by atoms with E-state index in [0.29, 0.717) is 5.41 Å². The van der Waals surface area contributed by atoms with Crippen molar-refractivity contribution in [2.45, 2.75) is 25.2 Å². The maximum absolute atomic E-state index is 3.56. The van der Waals surface area contributed by atoms with Gasteiger partial charge in [-0.15, -0.1) is 0 Å². The second-order valence-corrected chi connectivity index (χ2v) is 5.84. The molecule has 1 spiro atoms. The molecule has 0 aromatic heterocycles. The lowest BCUT2D eigenvalue weighted by atomic mass is 9.90. The molecule has 1 aromatic carbocycles. The van der Waals surface area contributed by atoms with Gasteiger partial charge in [-0.05, 0) is 61.4 Å². The van der Waals surface area contributed by atoms with E-state index in [9.17, 15) is 0 Å². The highest BCUT2D eigenvalue weighted by molar-refractivity contribution is 9.10. The van der Waals surface area contributed by atoms with Crippen LogP contribution in [-0.4, -0.2) is 13.1 Å². The molecule has 1 saturated heterocycles. The number of benzene rings is 1. The molecule has 1 aliphatic heterocycles. The third-order valence-electron chi connectivity index (χ3n) is 4.04. The minimum absolute atomic E-state index is 0.659. The summed E-state index contributed by atoms with van der Waals surface area (Å²) in [5, 5.41) is 3.45. The molecule has 1 saturated carbocycles. The fourth-order valence-electron chi connectivity index (χ4n) is 3.02. The maximum atomic E-state index is 3.56. The summed E-state index contributed by atoms with van der Waals surface area (Å²) in [6, 6.07) is 8.85. The molecule has 1 aromatic rings. The summed E-state index contributed by atoms with van der Waals surface area (Å²) >= 11 is 3.56. The van der Waals surface area contributed by atoms with E-state index < -0.39 is 0 Å². The predicted molar refractivity (Wildman–Crippen MR) is 66.0 cm³/mol. The molecule has 0 bridgehead atoms. The zero-order chi connectivity index (χ0) is 10.3. The molecule has 0 amide bonds. The van der Waals surface area contributed by atoms with Crippen LogP contribution in [0.1, 0.15) is 30.7 Å². The van der Waals surface area contributed by atoms with Gasteiger partial charge < -0.3 is 5.32 Å². The van der Waals surface area contributed by atoms with Gasteiger partial charge in [0.15, 0.2) is 0 Å². The van der Waals surface area contributed by atoms with Crippen LogP contribution in [-0.2, 0) is 0 Å². The van der Waals surface area contributed by atoms with Crippen LogP contribution in [0.3, 0.4) is 0 Å². The minimum Gasteiger partial charge on any atom is -0.317 e. The first-order valence-electron chi connectivity index (χ1n) is 5.76. The maximum Gasteiger partial charge on any atom is 0.0178 e. The molecule has 15 heavy (non-hydrogen) atoms. The Kier molecular flexibility index (Phi) is 2.37. The first-order chi connectivity index (χ1) is 7.30. The smallest absolute Gasteiger partial charge is 0.0178 e. The molecule has 0 radical (unpaired) electrons. The average Bonchev–Trinajstić information content (AvgIpc) is 2.93. The van der Waals surface area contributed by atoms with Crippen LogP contribution < -0.4 is 5.32 Å². The Morgan fingerprint density at radius 2 is 2.07 bits per heavy atom. The Morgan fingerprint density at radius 1 is 1.27 bits per heavy atom. The van der Waals surface area contributed by atoms with E-state index in [4.69, 9.17) is 0 Å². The van der Waals surface area contributed by atoms with Crippen molar-refractivity contribution in [2.24, 2.45) is 5.41 Å². The molecule has 3 rings (SSSR count). The lowest BCUT2D eigenvalue weighted by Crippen LogP contribution is -2.29. The number of halogens is 1. The largest absolute Gasteiger partial charge is 0.317 e. The molecule has 1 nitrogen and oxygen atoms in total. The summed E-state index contributed by atoms with van der Waals surface area (Å²) in [7, 11) is 0. The molecule has 1 unspecified atom stereocenters. The highest BCUT2D eigenvalue weighted by atomic mass is 79.9. The quantitative estimate of drug-likeness (QED) is 0.822. The Morgan fingerprint density at radius 3 is 2.80 bits per heavy atom. The van der Waals surface area contributed by atoms with Crippen molar-refractivity contribution in [1.29, 1.82) is 0 Å². The second kappa shape index (κ2) is 3.60. The van der Waals surface area contributed by atoms with Crippen molar-refractivity contribution in [3.63, 3.8) is 0 Å². The summed E-state index contributed by atoms with van der Waals surface area (Å²) in [4.78, 5) is 0. The molecule has 1 atom stereocenters. The van der Waals surface area contributed by atoms with Crippen LogP contribution in [0.4, 0.5) is 0 Å². The van der Waals surface area contributed by atoms with Crippen LogP contribution in [0.5, 0.6) is 0 Å². The summed E-state index contributed by atoms with van der Waals surface area (Å²) in [5.41, 5.74) is 2.19. The van der Waals surface area contributed by atoms with Gasteiger partial charge in [0.25, 0.3) is 0 Å². The normalized spacial score (nSPS) is 27.9. The zero-order valence-electron chi connectivity index (χ0n) is 8.80. The second-order valence-electron chi connectivity index (χ2n) is 4.92. The van der Waals surface area contributed by atoms with Gasteiger partial charge in [0.05, 0.1) is 0 Å². The van der Waals surface area contributed by atoms with Crippen molar-refractivity contribution in [1.82, 2.24) is 5.32 Å². The molecular formula is C13H16BrN. The van der Waals surface area contributed by atoms with E-state index >= 15 is 0 Å². The summed E-state index contributed by atoms with van der Waals surface area (Å²) in [6.45, 7) is 2.43. The van der Waals surface area contributed by atoms with E-state index in [1.807, 2.05) is 0 Å². The number of nitrogens with one attached hydrogen (secondary N) is 1. The molecule has 1 aliphatic carbocycles. The SMILES string of the molecule is Brc1cccc(C2CC23CCNCC3)c1. The van der Waals surface area contributed by atoms with Gasteiger partial charge >= 0.3 is 0 Å². The molecule has 1 N–H and O–H groups in total. The fraction of sp³-hybridized carbons (Fsp3) is 0.538. The number of rotatable bonds is 1. The van der Waals surface area contributed by atoms with Crippen molar-refractivity contribution in [3.05, 3.63) is 34.3 Å². The topological polar surface area (TPSA) is 12.0 Å². The van der Waals surface area contributed by atoms with Crippen LogP contribution in [0, 0.1) is 5.41 Å². The van der Waals surface area contributed by atoms with Crippen molar-refractivity contribution in [3.8, 4) is 0 Å². The Hall–Kier alpha value is -0.340. The van der Waals surface area contributed by atoms with Crippen molar-refractivity contribution < 1.29 is 0 Å². The Labute approximate surface area is 99.4 Å². The van der Waals surface area contributed by atoms with Gasteiger partial charge in [0.2, 0.25) is 0 Å². The standard InChI is InChI=1S/C13H16BrN/c14-11-3-1-2-10(8-11)12-9-13(12)4-6-15-7-5-13/h1-3,8,12,15H,4-7,9H2. The Balaban J connectivity index is 1.80. The van der Waals surface area contributed by atoms with Gasteiger partial charge in [-0.3, -0.25) is 0 Å². The minimum atomic E-state index is 0.659. The van der Waals surface area contributed by atoms with Gasteiger partial charge in [-0.25, -0.2) is 0 Å². The monoisotopic (exact) mass is 265 g/mol. The molecule has 2 fully saturated rings. The molecule has 80 valence electrons. The van der Waals surface area contributed by atoms with E-state index in [-0.39, 0.29) is 0 Å². The van der Waals surface area contributed by atoms with E-state index in [1.54, 1.807) is 0 Å². The number of hydrogen-bond donors (Lipinski definition) is 1. The summed E-state index contributed by atoms with van der Waals surface area (Å²) in [5.74, 6) is 0.831. The Bertz CT molecular complexity index is 369. The fourth-order valence-corrected chi connectivity index (χ4v) is 3.44. The average molecular weight is 266 g/mol. The predicted octanol–water partition coefficient (Wildman–Crippen LogP) is 3.31. The molecular weight excluding hydrogens is 250 g/mol.